The molecule has 0 saturated carbocycles. The number of carbonyl (C=O) groups excluding carboxylic acids is 1. The summed E-state index contributed by atoms with van der Waals surface area (Å²) in [6.07, 6.45) is 3.77. The van der Waals surface area contributed by atoms with E-state index >= 15 is 0 Å². The predicted molar refractivity (Wildman–Crippen MR) is 94.1 cm³/mol. The largest absolute Gasteiger partial charge is 0.325 e. The van der Waals surface area contributed by atoms with Gasteiger partial charge in [0.2, 0.25) is 0 Å². The number of para-hydroxylation sites is 2. The first-order valence-electron chi connectivity index (χ1n) is 8.61. The number of likely N-dealkylation sites (tertiary alicyclic amines) is 1. The maximum atomic E-state index is 13.1. The Morgan fingerprint density at radius 3 is 2.26 bits per heavy atom. The molecule has 0 aliphatic carbocycles. The molecule has 118 valence electrons. The van der Waals surface area contributed by atoms with Crippen LogP contribution >= 0.6 is 0 Å². The van der Waals surface area contributed by atoms with Crippen molar-refractivity contribution in [2.45, 2.75) is 32.2 Å². The Kier molecular flexibility index (Phi) is 3.66. The van der Waals surface area contributed by atoms with Crippen LogP contribution in [0.2, 0.25) is 0 Å². The van der Waals surface area contributed by atoms with Crippen LogP contribution in [0.3, 0.4) is 0 Å². The minimum atomic E-state index is 0.214. The Morgan fingerprint density at radius 1 is 1.04 bits per heavy atom. The van der Waals surface area contributed by atoms with Gasteiger partial charge >= 0.3 is 0 Å². The highest BCUT2D eigenvalue weighted by Crippen LogP contribution is 2.28. The lowest BCUT2D eigenvalue weighted by atomic mass is 10.0. The smallest absolute Gasteiger partial charge is 0.286 e. The van der Waals surface area contributed by atoms with E-state index in [4.69, 9.17) is 0 Å². The van der Waals surface area contributed by atoms with E-state index in [0.717, 1.165) is 28.4 Å². The third kappa shape index (κ3) is 2.45. The number of piperidine rings is 1. The highest BCUT2D eigenvalue weighted by atomic mass is 16.2. The van der Waals surface area contributed by atoms with Crippen molar-refractivity contribution in [3.05, 3.63) is 48.5 Å². The molecule has 1 aliphatic rings. The van der Waals surface area contributed by atoms with Crippen molar-refractivity contribution in [2.24, 2.45) is 0 Å². The molecule has 1 unspecified atom stereocenters. The van der Waals surface area contributed by atoms with Crippen molar-refractivity contribution < 1.29 is 9.69 Å². The summed E-state index contributed by atoms with van der Waals surface area (Å²) in [6.45, 7) is 3.97. The zero-order chi connectivity index (χ0) is 15.8. The molecule has 1 aromatic heterocycles. The topological polar surface area (TPSA) is 26.4 Å². The highest BCUT2D eigenvalue weighted by Gasteiger charge is 2.26. The van der Waals surface area contributed by atoms with E-state index in [-0.39, 0.29) is 5.91 Å². The molecule has 1 aliphatic heterocycles. The molecule has 2 heterocycles. The van der Waals surface area contributed by atoms with Gasteiger partial charge in [0.15, 0.2) is 6.54 Å². The Balaban J connectivity index is 1.79. The first-order valence-corrected chi connectivity index (χ1v) is 8.61. The van der Waals surface area contributed by atoms with Gasteiger partial charge in [-0.2, -0.15) is 0 Å². The number of nitrogens with zero attached hydrogens (tertiary/aromatic N) is 1. The van der Waals surface area contributed by atoms with E-state index in [2.05, 4.69) is 31.2 Å². The molecule has 2 aromatic carbocycles. The van der Waals surface area contributed by atoms with Crippen molar-refractivity contribution in [1.29, 1.82) is 0 Å². The highest BCUT2D eigenvalue weighted by molar-refractivity contribution is 6.13. The van der Waals surface area contributed by atoms with Crippen molar-refractivity contribution in [1.82, 2.24) is 4.57 Å². The van der Waals surface area contributed by atoms with Gasteiger partial charge in [0, 0.05) is 10.8 Å². The molecular formula is C20H23N2O+. The third-order valence-electron chi connectivity index (χ3n) is 5.29. The van der Waals surface area contributed by atoms with Crippen LogP contribution in [-0.4, -0.2) is 29.6 Å². The van der Waals surface area contributed by atoms with Gasteiger partial charge in [-0.25, -0.2) is 0 Å². The number of carbonyl (C=O) groups is 1. The molecule has 0 amide bonds. The average molecular weight is 307 g/mol. The number of hydrogen-bond donors (Lipinski definition) is 1. The molecule has 3 nitrogen and oxygen atoms in total. The third-order valence-corrected chi connectivity index (χ3v) is 5.29. The zero-order valence-electron chi connectivity index (χ0n) is 13.6. The normalized spacial score (nSPS) is 21.8. The van der Waals surface area contributed by atoms with Gasteiger partial charge in [0.05, 0.1) is 23.6 Å². The Hall–Kier alpha value is -2.13. The van der Waals surface area contributed by atoms with Crippen LogP contribution in [0.25, 0.3) is 21.8 Å². The Morgan fingerprint density at radius 2 is 1.65 bits per heavy atom. The first-order chi connectivity index (χ1) is 11.3. The summed E-state index contributed by atoms with van der Waals surface area (Å²) in [6, 6.07) is 17.0. The van der Waals surface area contributed by atoms with Gasteiger partial charge in [-0.05, 0) is 38.3 Å². The van der Waals surface area contributed by atoms with Crippen LogP contribution in [-0.2, 0) is 0 Å². The quantitative estimate of drug-likeness (QED) is 0.774. The molecule has 1 N–H and O–H groups in total. The van der Waals surface area contributed by atoms with Crippen molar-refractivity contribution in [2.75, 3.05) is 13.1 Å². The molecule has 0 bridgehead atoms. The second-order valence-corrected chi connectivity index (χ2v) is 6.75. The summed E-state index contributed by atoms with van der Waals surface area (Å²) >= 11 is 0. The predicted octanol–water partition coefficient (Wildman–Crippen LogP) is 2.89. The summed E-state index contributed by atoms with van der Waals surface area (Å²) in [5.74, 6) is 0.214. The van der Waals surface area contributed by atoms with E-state index in [1.54, 1.807) is 0 Å². The molecule has 0 radical (unpaired) electrons. The first kappa shape index (κ1) is 14.5. The van der Waals surface area contributed by atoms with Crippen LogP contribution in [0.15, 0.2) is 48.5 Å². The van der Waals surface area contributed by atoms with E-state index in [1.807, 2.05) is 28.8 Å². The lowest BCUT2D eigenvalue weighted by Crippen LogP contribution is -3.17. The number of aromatic nitrogens is 1. The summed E-state index contributed by atoms with van der Waals surface area (Å²) in [5, 5.41) is 2.33. The Bertz CT molecular complexity index is 811. The SMILES string of the molecule is C[C@H]1CCCC[NH+]1CC(=O)n1c2ccccc2c2ccccc21. The minimum Gasteiger partial charge on any atom is -0.325 e. The van der Waals surface area contributed by atoms with Crippen molar-refractivity contribution in [3.63, 3.8) is 0 Å². The fourth-order valence-corrected chi connectivity index (χ4v) is 3.98. The summed E-state index contributed by atoms with van der Waals surface area (Å²) in [7, 11) is 0. The van der Waals surface area contributed by atoms with Crippen LogP contribution in [0.5, 0.6) is 0 Å². The van der Waals surface area contributed by atoms with E-state index < -0.39 is 0 Å². The molecule has 3 heteroatoms. The molecule has 3 aromatic rings. The summed E-state index contributed by atoms with van der Waals surface area (Å²) in [4.78, 5) is 14.5. The number of fused-ring (bicyclic) bond motifs is 3. The molecule has 4 rings (SSSR count). The average Bonchev–Trinajstić information content (AvgIpc) is 2.91. The fraction of sp³-hybridized carbons (Fsp3) is 0.350. The van der Waals surface area contributed by atoms with Crippen LogP contribution < -0.4 is 4.90 Å². The van der Waals surface area contributed by atoms with Crippen molar-refractivity contribution in [3.8, 4) is 0 Å². The van der Waals surface area contributed by atoms with Crippen molar-refractivity contribution >= 4 is 27.7 Å². The van der Waals surface area contributed by atoms with Crippen LogP contribution in [0.4, 0.5) is 0 Å². The summed E-state index contributed by atoms with van der Waals surface area (Å²) in [5.41, 5.74) is 2.06. The van der Waals surface area contributed by atoms with Crippen LogP contribution in [0.1, 0.15) is 31.0 Å². The van der Waals surface area contributed by atoms with E-state index in [1.165, 1.54) is 24.2 Å². The molecule has 2 atom stereocenters. The maximum Gasteiger partial charge on any atom is 0.286 e. The standard InChI is InChI=1S/C20H22N2O/c1-15-8-6-7-13-21(15)14-20(23)22-18-11-4-2-9-16(18)17-10-3-5-12-19(17)22/h2-5,9-12,15H,6-8,13-14H2,1H3/p+1/t15-/m0/s1. The second kappa shape index (κ2) is 5.82. The second-order valence-electron chi connectivity index (χ2n) is 6.75. The summed E-state index contributed by atoms with van der Waals surface area (Å²) < 4.78 is 1.93. The van der Waals surface area contributed by atoms with Crippen LogP contribution in [0, 0.1) is 0 Å². The number of quaternary nitrogens is 1. The molecule has 1 saturated heterocycles. The van der Waals surface area contributed by atoms with Gasteiger partial charge in [0.1, 0.15) is 0 Å². The number of nitrogens with one attached hydrogen (secondary N) is 1. The lowest BCUT2D eigenvalue weighted by molar-refractivity contribution is -0.920. The van der Waals surface area contributed by atoms with E-state index in [0.29, 0.717) is 12.6 Å². The molecule has 1 fully saturated rings. The zero-order valence-corrected chi connectivity index (χ0v) is 13.6. The maximum absolute atomic E-state index is 13.1. The molecule has 0 spiro atoms. The van der Waals surface area contributed by atoms with Gasteiger partial charge < -0.3 is 4.90 Å². The number of rotatable bonds is 2. The monoisotopic (exact) mass is 307 g/mol. The number of benzene rings is 2. The molecule has 23 heavy (non-hydrogen) atoms. The van der Waals surface area contributed by atoms with Gasteiger partial charge in [-0.15, -0.1) is 0 Å². The van der Waals surface area contributed by atoms with E-state index in [9.17, 15) is 4.79 Å². The lowest BCUT2D eigenvalue weighted by Gasteiger charge is -2.29. The van der Waals surface area contributed by atoms with Gasteiger partial charge in [-0.1, -0.05) is 36.4 Å². The Labute approximate surface area is 136 Å². The van der Waals surface area contributed by atoms with Gasteiger partial charge in [0.25, 0.3) is 5.91 Å². The van der Waals surface area contributed by atoms with Gasteiger partial charge in [-0.3, -0.25) is 9.36 Å². The molecular weight excluding hydrogens is 284 g/mol. The fourth-order valence-electron chi connectivity index (χ4n) is 3.98. The minimum absolute atomic E-state index is 0.214. The number of hydrogen-bond acceptors (Lipinski definition) is 1.